The van der Waals surface area contributed by atoms with E-state index in [1.165, 1.54) is 6.07 Å². The molecule has 0 N–H and O–H groups in total. The number of piperazine rings is 1. The molecule has 3 aliphatic heterocycles. The number of rotatable bonds is 6. The molecule has 3 unspecified atom stereocenters. The van der Waals surface area contributed by atoms with Crippen LogP contribution in [-0.2, 0) is 17.8 Å². The zero-order valence-corrected chi connectivity index (χ0v) is 24.0. The van der Waals surface area contributed by atoms with Gasteiger partial charge in [0, 0.05) is 48.6 Å². The summed E-state index contributed by atoms with van der Waals surface area (Å²) in [5.41, 5.74) is 4.24. The molecule has 0 bridgehead atoms. The first-order chi connectivity index (χ1) is 19.9. The van der Waals surface area contributed by atoms with Crippen molar-refractivity contribution in [3.05, 3.63) is 76.5 Å². The summed E-state index contributed by atoms with van der Waals surface area (Å²) in [5.74, 6) is 1.96. The number of fused-ring (bicyclic) bond motifs is 2. The van der Waals surface area contributed by atoms with Crippen molar-refractivity contribution in [1.29, 1.82) is 0 Å². The van der Waals surface area contributed by atoms with Crippen LogP contribution in [0.3, 0.4) is 0 Å². The Hall–Kier alpha value is -3.40. The van der Waals surface area contributed by atoms with Crippen LogP contribution in [0.15, 0.2) is 48.5 Å². The molecule has 2 aromatic heterocycles. The molecule has 3 aliphatic rings. The number of ether oxygens (including phenoxy) is 3. The van der Waals surface area contributed by atoms with Gasteiger partial charge < -0.3 is 23.7 Å². The zero-order valence-electron chi connectivity index (χ0n) is 23.2. The second kappa shape index (κ2) is 10.8. The standard InChI is InChI=1S/C31H33ClFN5O3/c1-19-6-9-25-31(34-19)38(16-22-10-13-39-22)29(35-25)17-36-11-12-37(15-20(36)2)26-4-3-5-27-30(26)41-28(18-40-27)23-8-7-21(32)14-24(23)33/h3-9,14,20,22,28H,10-13,15-18H2,1-2H3. The molecule has 2 aromatic carbocycles. The first kappa shape index (κ1) is 26.5. The highest BCUT2D eigenvalue weighted by molar-refractivity contribution is 6.30. The topological polar surface area (TPSA) is 64.9 Å². The molecule has 0 radical (unpaired) electrons. The molecule has 3 atom stereocenters. The number of anilines is 1. The molecule has 0 amide bonds. The number of para-hydroxylation sites is 1. The van der Waals surface area contributed by atoms with Gasteiger partial charge in [-0.1, -0.05) is 23.7 Å². The number of imidazole rings is 1. The van der Waals surface area contributed by atoms with Crippen molar-refractivity contribution in [2.24, 2.45) is 0 Å². The maximum Gasteiger partial charge on any atom is 0.185 e. The number of benzene rings is 2. The minimum absolute atomic E-state index is 0.222. The van der Waals surface area contributed by atoms with Gasteiger partial charge in [0.2, 0.25) is 0 Å². The third-order valence-corrected chi connectivity index (χ3v) is 8.59. The van der Waals surface area contributed by atoms with E-state index < -0.39 is 11.9 Å². The van der Waals surface area contributed by atoms with Crippen LogP contribution in [-0.4, -0.2) is 64.4 Å². The summed E-state index contributed by atoms with van der Waals surface area (Å²) >= 11 is 5.97. The summed E-state index contributed by atoms with van der Waals surface area (Å²) in [6, 6.07) is 14.9. The number of halogens is 2. The molecule has 0 spiro atoms. The third kappa shape index (κ3) is 5.11. The molecule has 7 rings (SSSR count). The summed E-state index contributed by atoms with van der Waals surface area (Å²) in [6.07, 6.45) is 0.738. The van der Waals surface area contributed by atoms with Gasteiger partial charge in [-0.3, -0.25) is 4.90 Å². The fraction of sp³-hybridized carbons (Fsp3) is 0.419. The van der Waals surface area contributed by atoms with Crippen LogP contribution in [0.25, 0.3) is 11.2 Å². The van der Waals surface area contributed by atoms with Gasteiger partial charge in [0.25, 0.3) is 0 Å². The van der Waals surface area contributed by atoms with Crippen LogP contribution in [0.1, 0.15) is 36.5 Å². The van der Waals surface area contributed by atoms with Gasteiger partial charge in [-0.2, -0.15) is 0 Å². The average molecular weight is 578 g/mol. The number of hydrogen-bond donors (Lipinski definition) is 0. The third-order valence-electron chi connectivity index (χ3n) is 8.36. The number of aryl methyl sites for hydroxylation is 1. The Morgan fingerprint density at radius 3 is 2.76 bits per heavy atom. The molecule has 41 heavy (non-hydrogen) atoms. The number of pyridine rings is 1. The van der Waals surface area contributed by atoms with E-state index in [1.54, 1.807) is 12.1 Å². The molecule has 0 saturated carbocycles. The lowest BCUT2D eigenvalue weighted by atomic mass is 10.1. The lowest BCUT2D eigenvalue weighted by Crippen LogP contribution is -2.52. The Kier molecular flexibility index (Phi) is 6.97. The number of nitrogens with zero attached hydrogens (tertiary/aromatic N) is 5. The monoisotopic (exact) mass is 577 g/mol. The van der Waals surface area contributed by atoms with E-state index >= 15 is 0 Å². The second-order valence-electron chi connectivity index (χ2n) is 11.2. The Labute approximate surface area is 243 Å². The first-order valence-electron chi connectivity index (χ1n) is 14.2. The zero-order chi connectivity index (χ0) is 28.1. The van der Waals surface area contributed by atoms with Gasteiger partial charge in [-0.15, -0.1) is 0 Å². The predicted octanol–water partition coefficient (Wildman–Crippen LogP) is 5.54. The molecule has 214 valence electrons. The summed E-state index contributed by atoms with van der Waals surface area (Å²) < 4.78 is 35.1. The Morgan fingerprint density at radius 2 is 1.98 bits per heavy atom. The number of aromatic nitrogens is 3. The highest BCUT2D eigenvalue weighted by Gasteiger charge is 2.32. The summed E-state index contributed by atoms with van der Waals surface area (Å²) in [5, 5.41) is 0.356. The van der Waals surface area contributed by atoms with Gasteiger partial charge in [0.05, 0.1) is 24.9 Å². The van der Waals surface area contributed by atoms with Crippen molar-refractivity contribution in [2.75, 3.05) is 37.7 Å². The molecule has 4 aromatic rings. The largest absolute Gasteiger partial charge is 0.485 e. The van der Waals surface area contributed by atoms with E-state index in [0.29, 0.717) is 22.1 Å². The fourth-order valence-electron chi connectivity index (χ4n) is 5.96. The van der Waals surface area contributed by atoms with Crippen LogP contribution in [0.4, 0.5) is 10.1 Å². The molecule has 10 heteroatoms. The summed E-state index contributed by atoms with van der Waals surface area (Å²) in [6.45, 7) is 9.32. The van der Waals surface area contributed by atoms with Crippen LogP contribution in [0, 0.1) is 12.7 Å². The van der Waals surface area contributed by atoms with Crippen molar-refractivity contribution in [3.8, 4) is 11.5 Å². The first-order valence-corrected chi connectivity index (χ1v) is 14.6. The summed E-state index contributed by atoms with van der Waals surface area (Å²) in [7, 11) is 0. The van der Waals surface area contributed by atoms with E-state index in [-0.39, 0.29) is 18.8 Å². The Balaban J connectivity index is 1.09. The normalized spacial score (nSPS) is 22.6. The lowest BCUT2D eigenvalue weighted by molar-refractivity contribution is -0.0593. The van der Waals surface area contributed by atoms with Gasteiger partial charge >= 0.3 is 0 Å². The predicted molar refractivity (Wildman–Crippen MR) is 155 cm³/mol. The van der Waals surface area contributed by atoms with Crippen LogP contribution < -0.4 is 14.4 Å². The minimum atomic E-state index is -0.551. The maximum absolute atomic E-state index is 14.7. The highest BCUT2D eigenvalue weighted by atomic mass is 35.5. The van der Waals surface area contributed by atoms with E-state index in [2.05, 4.69) is 33.4 Å². The van der Waals surface area contributed by atoms with Crippen LogP contribution >= 0.6 is 11.6 Å². The second-order valence-corrected chi connectivity index (χ2v) is 11.6. The van der Waals surface area contributed by atoms with E-state index in [4.69, 9.17) is 35.8 Å². The van der Waals surface area contributed by atoms with Gasteiger partial charge in [-0.05, 0) is 56.7 Å². The highest BCUT2D eigenvalue weighted by Crippen LogP contribution is 2.44. The van der Waals surface area contributed by atoms with Crippen LogP contribution in [0.5, 0.6) is 11.5 Å². The molecule has 5 heterocycles. The van der Waals surface area contributed by atoms with Crippen molar-refractivity contribution in [1.82, 2.24) is 19.4 Å². The smallest absolute Gasteiger partial charge is 0.185 e. The van der Waals surface area contributed by atoms with E-state index in [0.717, 1.165) is 74.1 Å². The maximum atomic E-state index is 14.7. The fourth-order valence-corrected chi connectivity index (χ4v) is 6.12. The molecule has 8 nitrogen and oxygen atoms in total. The van der Waals surface area contributed by atoms with Crippen LogP contribution in [0.2, 0.25) is 5.02 Å². The lowest BCUT2D eigenvalue weighted by Gasteiger charge is -2.42. The van der Waals surface area contributed by atoms with Gasteiger partial charge in [-0.25, -0.2) is 14.4 Å². The number of hydrogen-bond acceptors (Lipinski definition) is 7. The SMILES string of the molecule is Cc1ccc2nc(CN3CCN(c4cccc5c4OC(c4ccc(Cl)cc4F)CO5)CC3C)n(CC3CCO3)c2n1. The van der Waals surface area contributed by atoms with Crippen molar-refractivity contribution >= 4 is 28.5 Å². The van der Waals surface area contributed by atoms with Gasteiger partial charge in [0.15, 0.2) is 23.3 Å². The molecule has 2 fully saturated rings. The molecular formula is C31H33ClFN5O3. The van der Waals surface area contributed by atoms with Crippen molar-refractivity contribution in [3.63, 3.8) is 0 Å². The molecular weight excluding hydrogens is 545 g/mol. The van der Waals surface area contributed by atoms with Crippen molar-refractivity contribution < 1.29 is 18.6 Å². The summed E-state index contributed by atoms with van der Waals surface area (Å²) in [4.78, 5) is 14.6. The van der Waals surface area contributed by atoms with Gasteiger partial charge in [0.1, 0.15) is 23.8 Å². The molecule has 0 aliphatic carbocycles. The Bertz CT molecular complexity index is 1590. The van der Waals surface area contributed by atoms with E-state index in [9.17, 15) is 4.39 Å². The minimum Gasteiger partial charge on any atom is -0.485 e. The van der Waals surface area contributed by atoms with Crippen molar-refractivity contribution in [2.45, 2.75) is 51.6 Å². The average Bonchev–Trinajstić information content (AvgIpc) is 3.27. The quantitative estimate of drug-likeness (QED) is 0.298. The molecule has 2 saturated heterocycles. The van der Waals surface area contributed by atoms with E-state index in [1.807, 2.05) is 25.1 Å². The Morgan fingerprint density at radius 1 is 1.10 bits per heavy atom.